The van der Waals surface area contributed by atoms with Crippen LogP contribution in [-0.2, 0) is 0 Å². The number of aliphatic hydroxyl groups excluding tert-OH is 1. The van der Waals surface area contributed by atoms with E-state index in [9.17, 15) is 4.79 Å². The van der Waals surface area contributed by atoms with E-state index in [1.165, 1.54) is 11.3 Å². The average molecular weight is 301 g/mol. The molecule has 0 fully saturated rings. The van der Waals surface area contributed by atoms with Gasteiger partial charge in [0.15, 0.2) is 11.5 Å². The van der Waals surface area contributed by atoms with E-state index in [1.54, 1.807) is 30.3 Å². The smallest absolute Gasteiger partial charge is 0.265 e. The van der Waals surface area contributed by atoms with Gasteiger partial charge in [0.2, 0.25) is 6.79 Å². The third kappa shape index (κ3) is 2.99. The molecular weight excluding hydrogens is 290 g/mol. The van der Waals surface area contributed by atoms with Crippen LogP contribution in [0.5, 0.6) is 11.5 Å². The Hall–Kier alpha value is -2.49. The summed E-state index contributed by atoms with van der Waals surface area (Å²) in [5.74, 6) is 6.40. The molecule has 3 rings (SSSR count). The minimum Gasteiger partial charge on any atom is -0.454 e. The molecule has 0 saturated carbocycles. The van der Waals surface area contributed by atoms with E-state index in [-0.39, 0.29) is 19.3 Å². The second-order valence-corrected chi connectivity index (χ2v) is 5.23. The Morgan fingerprint density at radius 3 is 3.00 bits per heavy atom. The predicted octanol–water partition coefficient (Wildman–Crippen LogP) is 2.07. The van der Waals surface area contributed by atoms with Crippen LogP contribution in [0.4, 0.5) is 5.69 Å². The van der Waals surface area contributed by atoms with Crippen LogP contribution in [0.3, 0.4) is 0 Å². The number of thiophene rings is 1. The zero-order valence-electron chi connectivity index (χ0n) is 10.9. The van der Waals surface area contributed by atoms with Crippen LogP contribution in [0.15, 0.2) is 30.3 Å². The summed E-state index contributed by atoms with van der Waals surface area (Å²) in [7, 11) is 0. The lowest BCUT2D eigenvalue weighted by Gasteiger charge is -2.04. The Morgan fingerprint density at radius 2 is 2.14 bits per heavy atom. The van der Waals surface area contributed by atoms with Crippen LogP contribution in [0.25, 0.3) is 0 Å². The summed E-state index contributed by atoms with van der Waals surface area (Å²) >= 11 is 1.27. The first-order chi connectivity index (χ1) is 10.3. The number of benzene rings is 1. The van der Waals surface area contributed by atoms with Gasteiger partial charge in [-0.25, -0.2) is 0 Å². The number of carbonyl (C=O) groups excluding carboxylic acids is 1. The number of rotatable bonds is 2. The maximum atomic E-state index is 12.1. The molecule has 2 N–H and O–H groups in total. The van der Waals surface area contributed by atoms with Crippen molar-refractivity contribution in [3.05, 3.63) is 40.1 Å². The molecule has 0 atom stereocenters. The van der Waals surface area contributed by atoms with Gasteiger partial charge in [0.1, 0.15) is 6.61 Å². The van der Waals surface area contributed by atoms with Crippen LogP contribution in [0.2, 0.25) is 0 Å². The fourth-order valence-electron chi connectivity index (χ4n) is 1.82. The monoisotopic (exact) mass is 301 g/mol. The standard InChI is InChI=1S/C15H11NO4S/c17-7-1-2-11-4-6-14(21-11)15(18)16-10-3-5-12-13(8-10)20-9-19-12/h3-6,8,17H,7,9H2,(H,16,18). The lowest BCUT2D eigenvalue weighted by Crippen LogP contribution is -2.09. The largest absolute Gasteiger partial charge is 0.454 e. The molecule has 21 heavy (non-hydrogen) atoms. The zero-order valence-corrected chi connectivity index (χ0v) is 11.7. The van der Waals surface area contributed by atoms with Gasteiger partial charge in [-0.3, -0.25) is 4.79 Å². The maximum Gasteiger partial charge on any atom is 0.265 e. The van der Waals surface area contributed by atoms with Crippen LogP contribution >= 0.6 is 11.3 Å². The van der Waals surface area contributed by atoms with Crippen LogP contribution in [0.1, 0.15) is 14.5 Å². The van der Waals surface area contributed by atoms with Crippen molar-refractivity contribution in [3.8, 4) is 23.3 Å². The third-order valence-electron chi connectivity index (χ3n) is 2.75. The van der Waals surface area contributed by atoms with Crippen molar-refractivity contribution in [2.24, 2.45) is 0 Å². The van der Waals surface area contributed by atoms with Crippen molar-refractivity contribution in [1.82, 2.24) is 0 Å². The van der Waals surface area contributed by atoms with E-state index in [0.29, 0.717) is 22.1 Å². The molecule has 2 aromatic rings. The van der Waals surface area contributed by atoms with Crippen LogP contribution in [0, 0.1) is 11.8 Å². The number of hydrogen-bond donors (Lipinski definition) is 2. The molecular formula is C15H11NO4S. The second-order valence-electron chi connectivity index (χ2n) is 4.15. The Bertz CT molecular complexity index is 742. The molecule has 0 radical (unpaired) electrons. The fraction of sp³-hybridized carbons (Fsp3) is 0.133. The summed E-state index contributed by atoms with van der Waals surface area (Å²) in [5, 5.41) is 11.4. The predicted molar refractivity (Wildman–Crippen MR) is 78.8 cm³/mol. The first kappa shape index (κ1) is 13.5. The summed E-state index contributed by atoms with van der Waals surface area (Å²) in [6.45, 7) is 0.00116. The highest BCUT2D eigenvalue weighted by Gasteiger charge is 2.15. The minimum atomic E-state index is -0.212. The molecule has 0 aliphatic carbocycles. The van der Waals surface area contributed by atoms with E-state index in [4.69, 9.17) is 14.6 Å². The van der Waals surface area contributed by atoms with E-state index >= 15 is 0 Å². The highest BCUT2D eigenvalue weighted by molar-refractivity contribution is 7.14. The van der Waals surface area contributed by atoms with Crippen molar-refractivity contribution >= 4 is 22.9 Å². The van der Waals surface area contributed by atoms with Gasteiger partial charge in [-0.2, -0.15) is 0 Å². The van der Waals surface area contributed by atoms with E-state index in [2.05, 4.69) is 17.2 Å². The molecule has 0 unspecified atom stereocenters. The molecule has 1 amide bonds. The van der Waals surface area contributed by atoms with Crippen molar-refractivity contribution in [3.63, 3.8) is 0 Å². The molecule has 0 spiro atoms. The van der Waals surface area contributed by atoms with Gasteiger partial charge in [-0.15, -0.1) is 11.3 Å². The fourth-order valence-corrected chi connectivity index (χ4v) is 2.60. The molecule has 1 aromatic carbocycles. The Kier molecular flexibility index (Phi) is 3.77. The minimum absolute atomic E-state index is 0.198. The third-order valence-corrected chi connectivity index (χ3v) is 3.75. The first-order valence-electron chi connectivity index (χ1n) is 6.17. The van der Waals surface area contributed by atoms with Crippen LogP contribution < -0.4 is 14.8 Å². The maximum absolute atomic E-state index is 12.1. The quantitative estimate of drug-likeness (QED) is 0.833. The molecule has 106 valence electrons. The highest BCUT2D eigenvalue weighted by atomic mass is 32.1. The van der Waals surface area contributed by atoms with Crippen molar-refractivity contribution in [2.45, 2.75) is 0 Å². The number of hydrogen-bond acceptors (Lipinski definition) is 5. The van der Waals surface area contributed by atoms with Crippen molar-refractivity contribution < 1.29 is 19.4 Å². The molecule has 0 bridgehead atoms. The summed E-state index contributed by atoms with van der Waals surface area (Å²) in [5.41, 5.74) is 0.639. The molecule has 1 aromatic heterocycles. The summed E-state index contributed by atoms with van der Waals surface area (Å²) in [6, 6.07) is 8.69. The van der Waals surface area contributed by atoms with Gasteiger partial charge in [-0.05, 0) is 24.3 Å². The molecule has 5 nitrogen and oxygen atoms in total. The second kappa shape index (κ2) is 5.87. The Morgan fingerprint density at radius 1 is 1.29 bits per heavy atom. The number of anilines is 1. The van der Waals surface area contributed by atoms with Gasteiger partial charge in [0.25, 0.3) is 5.91 Å². The Labute approximate surface area is 125 Å². The molecule has 0 saturated heterocycles. The highest BCUT2D eigenvalue weighted by Crippen LogP contribution is 2.34. The molecule has 2 heterocycles. The van der Waals surface area contributed by atoms with Gasteiger partial charge >= 0.3 is 0 Å². The number of ether oxygens (including phenoxy) is 2. The van der Waals surface area contributed by atoms with Gasteiger partial charge < -0.3 is 19.9 Å². The SMILES string of the molecule is O=C(Nc1ccc2c(c1)OCO2)c1ccc(C#CCO)s1. The zero-order chi connectivity index (χ0) is 14.7. The summed E-state index contributed by atoms with van der Waals surface area (Å²) in [6.07, 6.45) is 0. The van der Waals surface area contributed by atoms with E-state index < -0.39 is 0 Å². The number of nitrogens with one attached hydrogen (secondary N) is 1. The number of aliphatic hydroxyl groups is 1. The number of fused-ring (bicyclic) bond motifs is 1. The van der Waals surface area contributed by atoms with Crippen LogP contribution in [-0.4, -0.2) is 24.4 Å². The first-order valence-corrected chi connectivity index (χ1v) is 6.98. The molecule has 1 aliphatic heterocycles. The van der Waals surface area contributed by atoms with E-state index in [0.717, 1.165) is 4.88 Å². The van der Waals surface area contributed by atoms with Crippen molar-refractivity contribution in [1.29, 1.82) is 0 Å². The average Bonchev–Trinajstić information content (AvgIpc) is 3.13. The Balaban J connectivity index is 1.72. The van der Waals surface area contributed by atoms with E-state index in [1.807, 2.05) is 0 Å². The van der Waals surface area contributed by atoms with Crippen molar-refractivity contribution in [2.75, 3.05) is 18.7 Å². The van der Waals surface area contributed by atoms with Gasteiger partial charge in [0, 0.05) is 11.8 Å². The lowest BCUT2D eigenvalue weighted by atomic mass is 10.2. The lowest BCUT2D eigenvalue weighted by molar-refractivity contribution is 0.103. The normalized spacial score (nSPS) is 11.7. The molecule has 1 aliphatic rings. The number of carbonyl (C=O) groups is 1. The number of amides is 1. The van der Waals surface area contributed by atoms with Gasteiger partial charge in [0.05, 0.1) is 9.75 Å². The topological polar surface area (TPSA) is 67.8 Å². The summed E-state index contributed by atoms with van der Waals surface area (Å²) < 4.78 is 10.5. The summed E-state index contributed by atoms with van der Waals surface area (Å²) in [4.78, 5) is 13.4. The molecule has 6 heteroatoms. The van der Waals surface area contributed by atoms with Gasteiger partial charge in [-0.1, -0.05) is 11.8 Å².